The summed E-state index contributed by atoms with van der Waals surface area (Å²) in [5.74, 6) is -5.69. The van der Waals surface area contributed by atoms with Gasteiger partial charge in [0.15, 0.2) is 21.5 Å². The van der Waals surface area contributed by atoms with Gasteiger partial charge in [-0.05, 0) is 42.2 Å². The molecule has 0 spiro atoms. The summed E-state index contributed by atoms with van der Waals surface area (Å²) in [7, 11) is -4.15. The number of carbonyl (C=O) groups is 1. The molecule has 0 saturated heterocycles. The van der Waals surface area contributed by atoms with Crippen molar-refractivity contribution < 1.29 is 26.4 Å². The fraction of sp³-hybridized carbons (Fsp3) is 0.333. The number of aryl methyl sites for hydroxylation is 1. The van der Waals surface area contributed by atoms with Crippen LogP contribution >= 0.6 is 0 Å². The first-order chi connectivity index (χ1) is 12.5. The summed E-state index contributed by atoms with van der Waals surface area (Å²) in [5.41, 5.74) is 4.30. The number of carbonyl (C=O) groups excluding carboxylic acids is 1. The standard InChI is InChI=1S/C18H19F3N2O3S/c1-9(2)8-27(25,26)17(15-12(19)4-5-13(20)16(15)21)11-7-23-14(18(22)24)6-10(11)3/h4-7,9,17H,8H2,1-3H3,(H2,22,24). The Morgan fingerprint density at radius 3 is 2.30 bits per heavy atom. The summed E-state index contributed by atoms with van der Waals surface area (Å²) in [6.45, 7) is 4.72. The second-order valence-corrected chi connectivity index (χ2v) is 8.78. The molecule has 146 valence electrons. The molecule has 9 heteroatoms. The minimum Gasteiger partial charge on any atom is -0.364 e. The molecule has 0 bridgehead atoms. The number of aromatic nitrogens is 1. The van der Waals surface area contributed by atoms with Crippen molar-refractivity contribution >= 4 is 15.7 Å². The molecule has 1 amide bonds. The van der Waals surface area contributed by atoms with Crippen LogP contribution in [0, 0.1) is 30.3 Å². The topological polar surface area (TPSA) is 90.1 Å². The lowest BCUT2D eigenvalue weighted by Gasteiger charge is -2.22. The van der Waals surface area contributed by atoms with E-state index in [0.717, 1.165) is 6.20 Å². The highest BCUT2D eigenvalue weighted by atomic mass is 32.2. The molecule has 0 aliphatic carbocycles. The number of nitrogens with two attached hydrogens (primary N) is 1. The first-order valence-electron chi connectivity index (χ1n) is 8.07. The van der Waals surface area contributed by atoms with E-state index in [1.807, 2.05) is 0 Å². The monoisotopic (exact) mass is 400 g/mol. The van der Waals surface area contributed by atoms with E-state index in [2.05, 4.69) is 4.98 Å². The number of pyridine rings is 1. The zero-order chi connectivity index (χ0) is 20.5. The van der Waals surface area contributed by atoms with E-state index in [4.69, 9.17) is 5.73 Å². The maximum Gasteiger partial charge on any atom is 0.267 e. The molecular weight excluding hydrogens is 381 g/mol. The van der Waals surface area contributed by atoms with Gasteiger partial charge in [0, 0.05) is 11.8 Å². The molecule has 0 radical (unpaired) electrons. The summed E-state index contributed by atoms with van der Waals surface area (Å²) in [5, 5.41) is -1.81. The Morgan fingerprint density at radius 2 is 1.78 bits per heavy atom. The summed E-state index contributed by atoms with van der Waals surface area (Å²) in [4.78, 5) is 15.1. The second kappa shape index (κ2) is 7.67. The Bertz CT molecular complexity index is 992. The number of hydrogen-bond acceptors (Lipinski definition) is 4. The van der Waals surface area contributed by atoms with Gasteiger partial charge in [-0.25, -0.2) is 21.6 Å². The SMILES string of the molecule is Cc1cc(C(N)=O)ncc1C(c1c(F)ccc(F)c1F)S(=O)(=O)CC(C)C. The number of sulfone groups is 1. The molecule has 1 aromatic carbocycles. The molecule has 2 aromatic rings. The lowest BCUT2D eigenvalue weighted by molar-refractivity contribution is 0.0995. The number of hydrogen-bond donors (Lipinski definition) is 1. The summed E-state index contributed by atoms with van der Waals surface area (Å²) in [6, 6.07) is 2.48. The molecule has 5 nitrogen and oxygen atoms in total. The van der Waals surface area contributed by atoms with Gasteiger partial charge in [-0.15, -0.1) is 0 Å². The summed E-state index contributed by atoms with van der Waals surface area (Å²) >= 11 is 0. The number of nitrogens with zero attached hydrogens (tertiary/aromatic N) is 1. The second-order valence-electron chi connectivity index (χ2n) is 6.65. The van der Waals surface area contributed by atoms with E-state index in [-0.39, 0.29) is 28.5 Å². The number of rotatable bonds is 6. The lowest BCUT2D eigenvalue weighted by atomic mass is 10.00. The van der Waals surface area contributed by atoms with Gasteiger partial charge in [0.2, 0.25) is 0 Å². The molecule has 0 aliphatic rings. The molecule has 0 aliphatic heterocycles. The Morgan fingerprint density at radius 1 is 1.19 bits per heavy atom. The van der Waals surface area contributed by atoms with E-state index in [1.165, 1.54) is 13.0 Å². The average molecular weight is 400 g/mol. The number of halogens is 3. The predicted octanol–water partition coefficient (Wildman–Crippen LogP) is 3.07. The van der Waals surface area contributed by atoms with Gasteiger partial charge >= 0.3 is 0 Å². The Kier molecular flexibility index (Phi) is 5.94. The number of primary amides is 1. The van der Waals surface area contributed by atoms with Crippen molar-refractivity contribution in [1.29, 1.82) is 0 Å². The zero-order valence-corrected chi connectivity index (χ0v) is 15.8. The van der Waals surface area contributed by atoms with Gasteiger partial charge in [0.25, 0.3) is 5.91 Å². The van der Waals surface area contributed by atoms with Crippen LogP contribution in [0.4, 0.5) is 13.2 Å². The van der Waals surface area contributed by atoms with E-state index < -0.39 is 44.0 Å². The van der Waals surface area contributed by atoms with Crippen molar-refractivity contribution in [3.63, 3.8) is 0 Å². The van der Waals surface area contributed by atoms with Crippen molar-refractivity contribution in [2.24, 2.45) is 11.7 Å². The van der Waals surface area contributed by atoms with Crippen LogP contribution in [0.1, 0.15) is 46.3 Å². The van der Waals surface area contributed by atoms with Crippen LogP contribution in [0.15, 0.2) is 24.4 Å². The molecule has 2 N–H and O–H groups in total. The summed E-state index contributed by atoms with van der Waals surface area (Å²) < 4.78 is 68.5. The molecule has 27 heavy (non-hydrogen) atoms. The highest BCUT2D eigenvalue weighted by molar-refractivity contribution is 7.91. The number of amides is 1. The maximum atomic E-state index is 14.4. The molecular formula is C18H19F3N2O3S. The quantitative estimate of drug-likeness (QED) is 0.755. The fourth-order valence-electron chi connectivity index (χ4n) is 2.85. The summed E-state index contributed by atoms with van der Waals surface area (Å²) in [6.07, 6.45) is 1.03. The normalized spacial score (nSPS) is 13.0. The van der Waals surface area contributed by atoms with Crippen LogP contribution < -0.4 is 5.73 Å². The third-order valence-electron chi connectivity index (χ3n) is 3.95. The first-order valence-corrected chi connectivity index (χ1v) is 9.78. The van der Waals surface area contributed by atoms with Crippen molar-refractivity contribution in [2.45, 2.75) is 26.0 Å². The first kappa shape index (κ1) is 20.9. The minimum absolute atomic E-state index is 0.0518. The molecule has 1 heterocycles. The van der Waals surface area contributed by atoms with Gasteiger partial charge in [0.05, 0.1) is 5.75 Å². The molecule has 2 rings (SSSR count). The highest BCUT2D eigenvalue weighted by Gasteiger charge is 2.36. The Balaban J connectivity index is 2.81. The fourth-order valence-corrected chi connectivity index (χ4v) is 5.18. The highest BCUT2D eigenvalue weighted by Crippen LogP contribution is 2.37. The smallest absolute Gasteiger partial charge is 0.267 e. The van der Waals surface area contributed by atoms with Gasteiger partial charge in [-0.2, -0.15) is 0 Å². The van der Waals surface area contributed by atoms with Crippen molar-refractivity contribution in [3.8, 4) is 0 Å². The van der Waals surface area contributed by atoms with E-state index >= 15 is 0 Å². The average Bonchev–Trinajstić information content (AvgIpc) is 2.54. The minimum atomic E-state index is -4.15. The van der Waals surface area contributed by atoms with Crippen molar-refractivity contribution in [3.05, 3.63) is 64.2 Å². The van der Waals surface area contributed by atoms with Gasteiger partial charge in [0.1, 0.15) is 16.8 Å². The molecule has 1 aromatic heterocycles. The zero-order valence-electron chi connectivity index (χ0n) is 15.0. The van der Waals surface area contributed by atoms with Crippen LogP contribution in [-0.2, 0) is 9.84 Å². The van der Waals surface area contributed by atoms with Gasteiger partial charge in [-0.3, -0.25) is 9.78 Å². The van der Waals surface area contributed by atoms with E-state index in [0.29, 0.717) is 12.1 Å². The van der Waals surface area contributed by atoms with Crippen LogP contribution in [0.5, 0.6) is 0 Å². The van der Waals surface area contributed by atoms with Crippen LogP contribution in [0.2, 0.25) is 0 Å². The van der Waals surface area contributed by atoms with Gasteiger partial charge in [-0.1, -0.05) is 13.8 Å². The Hall–Kier alpha value is -2.42. The largest absolute Gasteiger partial charge is 0.364 e. The van der Waals surface area contributed by atoms with Crippen LogP contribution in [0.3, 0.4) is 0 Å². The van der Waals surface area contributed by atoms with E-state index in [9.17, 15) is 26.4 Å². The predicted molar refractivity (Wildman–Crippen MR) is 94.3 cm³/mol. The lowest BCUT2D eigenvalue weighted by Crippen LogP contribution is -2.25. The van der Waals surface area contributed by atoms with Gasteiger partial charge < -0.3 is 5.73 Å². The molecule has 1 atom stereocenters. The Labute approximate surface area is 155 Å². The van der Waals surface area contributed by atoms with Crippen LogP contribution in [0.25, 0.3) is 0 Å². The molecule has 0 saturated carbocycles. The third kappa shape index (κ3) is 4.29. The molecule has 0 fully saturated rings. The van der Waals surface area contributed by atoms with Crippen LogP contribution in [-0.4, -0.2) is 25.1 Å². The van der Waals surface area contributed by atoms with Crippen molar-refractivity contribution in [2.75, 3.05) is 5.75 Å². The maximum absolute atomic E-state index is 14.4. The molecule has 1 unspecified atom stereocenters. The third-order valence-corrected chi connectivity index (χ3v) is 6.29. The van der Waals surface area contributed by atoms with E-state index in [1.54, 1.807) is 13.8 Å². The number of benzene rings is 1. The van der Waals surface area contributed by atoms with Crippen molar-refractivity contribution in [1.82, 2.24) is 4.98 Å².